The van der Waals surface area contributed by atoms with Crippen LogP contribution in [0.2, 0.25) is 0 Å². The highest BCUT2D eigenvalue weighted by Crippen LogP contribution is 2.19. The fraction of sp³-hybridized carbons (Fsp3) is 0.533. The maximum atomic E-state index is 12.2. The highest BCUT2D eigenvalue weighted by atomic mass is 32.2. The van der Waals surface area contributed by atoms with Gasteiger partial charge < -0.3 is 10.1 Å². The molecule has 0 saturated heterocycles. The number of hydrogen-bond donors (Lipinski definition) is 1. The molecule has 0 aliphatic carbocycles. The van der Waals surface area contributed by atoms with Gasteiger partial charge in [0, 0.05) is 39.9 Å². The van der Waals surface area contributed by atoms with Crippen LogP contribution in [0.5, 0.6) is 0 Å². The quantitative estimate of drug-likeness (QED) is 0.732. The van der Waals surface area contributed by atoms with Crippen molar-refractivity contribution in [2.45, 2.75) is 24.7 Å². The topological polar surface area (TPSA) is 75.7 Å². The summed E-state index contributed by atoms with van der Waals surface area (Å²) in [5.74, 6) is -0.271. The largest absolute Gasteiger partial charge is 0.385 e. The number of amides is 1. The molecule has 0 heterocycles. The Bertz CT molecular complexity index is 612. The third kappa shape index (κ3) is 4.79. The average molecular weight is 328 g/mol. The molecule has 0 radical (unpaired) electrons. The SMILES string of the molecule is COCCCCNC(=O)c1ccc(C)c(S(=O)(=O)N(C)C)c1. The molecule has 1 N–H and O–H groups in total. The minimum absolute atomic E-state index is 0.157. The number of carbonyl (C=O) groups is 1. The first-order valence-corrected chi connectivity index (χ1v) is 8.55. The van der Waals surface area contributed by atoms with E-state index in [2.05, 4.69) is 5.32 Å². The van der Waals surface area contributed by atoms with Crippen LogP contribution < -0.4 is 5.32 Å². The molecule has 1 amide bonds. The molecule has 0 bridgehead atoms. The zero-order chi connectivity index (χ0) is 16.8. The number of ether oxygens (including phenoxy) is 1. The molecule has 1 aromatic carbocycles. The lowest BCUT2D eigenvalue weighted by Crippen LogP contribution is -2.26. The normalized spacial score (nSPS) is 11.7. The molecule has 0 spiro atoms. The Morgan fingerprint density at radius 2 is 1.95 bits per heavy atom. The summed E-state index contributed by atoms with van der Waals surface area (Å²) in [7, 11) is 1.02. The second kappa shape index (κ2) is 8.26. The standard InChI is InChI=1S/C15H24N2O4S/c1-12-7-8-13(11-14(12)22(19,20)17(2)3)15(18)16-9-5-6-10-21-4/h7-8,11H,5-6,9-10H2,1-4H3,(H,16,18). The predicted molar refractivity (Wildman–Crippen MR) is 85.5 cm³/mol. The first kappa shape index (κ1) is 18.6. The van der Waals surface area contributed by atoms with Crippen molar-refractivity contribution in [3.63, 3.8) is 0 Å². The van der Waals surface area contributed by atoms with Gasteiger partial charge in [-0.25, -0.2) is 12.7 Å². The summed E-state index contributed by atoms with van der Waals surface area (Å²) in [6, 6.07) is 4.71. The van der Waals surface area contributed by atoms with Crippen LogP contribution in [-0.2, 0) is 14.8 Å². The molecular formula is C15H24N2O4S. The van der Waals surface area contributed by atoms with Gasteiger partial charge in [-0.05, 0) is 37.5 Å². The van der Waals surface area contributed by atoms with Crippen LogP contribution in [0.4, 0.5) is 0 Å². The number of carbonyl (C=O) groups excluding carboxylic acids is 1. The highest BCUT2D eigenvalue weighted by Gasteiger charge is 2.21. The van der Waals surface area contributed by atoms with E-state index in [1.165, 1.54) is 20.2 Å². The third-order valence-electron chi connectivity index (χ3n) is 3.27. The Balaban J connectivity index is 2.83. The van der Waals surface area contributed by atoms with Crippen molar-refractivity contribution in [2.75, 3.05) is 34.4 Å². The van der Waals surface area contributed by atoms with E-state index in [0.717, 1.165) is 17.1 Å². The Labute approximate surface area is 132 Å². The van der Waals surface area contributed by atoms with E-state index in [1.807, 2.05) is 0 Å². The van der Waals surface area contributed by atoms with Crippen molar-refractivity contribution >= 4 is 15.9 Å². The van der Waals surface area contributed by atoms with Crippen molar-refractivity contribution in [1.82, 2.24) is 9.62 Å². The van der Waals surface area contributed by atoms with Crippen LogP contribution >= 0.6 is 0 Å². The summed E-state index contributed by atoms with van der Waals surface area (Å²) >= 11 is 0. The maximum absolute atomic E-state index is 12.2. The van der Waals surface area contributed by atoms with E-state index in [9.17, 15) is 13.2 Å². The second-order valence-corrected chi connectivity index (χ2v) is 7.34. The summed E-state index contributed by atoms with van der Waals surface area (Å²) in [5, 5.41) is 2.78. The summed E-state index contributed by atoms with van der Waals surface area (Å²) in [6.07, 6.45) is 1.68. The fourth-order valence-corrected chi connectivity index (χ4v) is 3.04. The highest BCUT2D eigenvalue weighted by molar-refractivity contribution is 7.89. The third-order valence-corrected chi connectivity index (χ3v) is 5.23. The van der Waals surface area contributed by atoms with Crippen molar-refractivity contribution in [1.29, 1.82) is 0 Å². The van der Waals surface area contributed by atoms with Gasteiger partial charge in [0.05, 0.1) is 4.90 Å². The molecule has 0 aliphatic heterocycles. The predicted octanol–water partition coefficient (Wildman–Crippen LogP) is 1.40. The van der Waals surface area contributed by atoms with Gasteiger partial charge in [0.25, 0.3) is 5.91 Å². The van der Waals surface area contributed by atoms with Crippen molar-refractivity contribution in [3.05, 3.63) is 29.3 Å². The number of sulfonamides is 1. The smallest absolute Gasteiger partial charge is 0.251 e. The van der Waals surface area contributed by atoms with E-state index in [4.69, 9.17) is 4.74 Å². The van der Waals surface area contributed by atoms with Gasteiger partial charge in [0.15, 0.2) is 0 Å². The Morgan fingerprint density at radius 1 is 1.27 bits per heavy atom. The van der Waals surface area contributed by atoms with Crippen LogP contribution in [0.3, 0.4) is 0 Å². The number of hydrogen-bond acceptors (Lipinski definition) is 4. The summed E-state index contributed by atoms with van der Waals surface area (Å²) < 4.78 is 30.6. The number of nitrogens with one attached hydrogen (secondary N) is 1. The van der Waals surface area contributed by atoms with Crippen molar-refractivity contribution < 1.29 is 17.9 Å². The lowest BCUT2D eigenvalue weighted by molar-refractivity contribution is 0.0951. The number of unbranched alkanes of at least 4 members (excludes halogenated alkanes) is 1. The second-order valence-electron chi connectivity index (χ2n) is 5.22. The maximum Gasteiger partial charge on any atom is 0.251 e. The summed E-state index contributed by atoms with van der Waals surface area (Å²) in [6.45, 7) is 2.90. The molecule has 1 aromatic rings. The lowest BCUT2D eigenvalue weighted by atomic mass is 10.1. The molecule has 0 aliphatic rings. The van der Waals surface area contributed by atoms with Gasteiger partial charge in [-0.1, -0.05) is 6.07 Å². The van der Waals surface area contributed by atoms with E-state index < -0.39 is 10.0 Å². The van der Waals surface area contributed by atoms with E-state index in [0.29, 0.717) is 24.3 Å². The molecule has 0 fully saturated rings. The molecule has 7 heteroatoms. The molecule has 6 nitrogen and oxygen atoms in total. The van der Waals surface area contributed by atoms with Crippen LogP contribution in [-0.4, -0.2) is 53.0 Å². The molecule has 22 heavy (non-hydrogen) atoms. The average Bonchev–Trinajstić information content (AvgIpc) is 2.46. The Morgan fingerprint density at radius 3 is 2.55 bits per heavy atom. The summed E-state index contributed by atoms with van der Waals surface area (Å²) in [4.78, 5) is 12.2. The van der Waals surface area contributed by atoms with E-state index in [-0.39, 0.29) is 10.8 Å². The molecule has 0 aromatic heterocycles. The number of nitrogens with zero attached hydrogens (tertiary/aromatic N) is 1. The van der Waals surface area contributed by atoms with Crippen LogP contribution in [0.15, 0.2) is 23.1 Å². The molecule has 124 valence electrons. The number of methoxy groups -OCH3 is 1. The van der Waals surface area contributed by atoms with Crippen molar-refractivity contribution in [2.24, 2.45) is 0 Å². The molecule has 0 atom stereocenters. The van der Waals surface area contributed by atoms with Gasteiger partial charge in [0.1, 0.15) is 0 Å². The first-order valence-electron chi connectivity index (χ1n) is 7.11. The molecular weight excluding hydrogens is 304 g/mol. The lowest BCUT2D eigenvalue weighted by Gasteiger charge is -2.14. The molecule has 0 saturated carbocycles. The molecule has 0 unspecified atom stereocenters. The Hall–Kier alpha value is -1.44. The first-order chi connectivity index (χ1) is 10.3. The zero-order valence-electron chi connectivity index (χ0n) is 13.5. The number of aryl methyl sites for hydroxylation is 1. The van der Waals surface area contributed by atoms with Gasteiger partial charge in [0.2, 0.25) is 10.0 Å². The van der Waals surface area contributed by atoms with E-state index >= 15 is 0 Å². The summed E-state index contributed by atoms with van der Waals surface area (Å²) in [5.41, 5.74) is 0.961. The van der Waals surface area contributed by atoms with Gasteiger partial charge in [-0.15, -0.1) is 0 Å². The van der Waals surface area contributed by atoms with Crippen LogP contribution in [0.25, 0.3) is 0 Å². The minimum Gasteiger partial charge on any atom is -0.385 e. The van der Waals surface area contributed by atoms with Gasteiger partial charge in [-0.2, -0.15) is 0 Å². The monoisotopic (exact) mass is 328 g/mol. The van der Waals surface area contributed by atoms with Gasteiger partial charge >= 0.3 is 0 Å². The van der Waals surface area contributed by atoms with Crippen LogP contribution in [0, 0.1) is 6.92 Å². The van der Waals surface area contributed by atoms with Crippen LogP contribution in [0.1, 0.15) is 28.8 Å². The zero-order valence-corrected chi connectivity index (χ0v) is 14.4. The Kier molecular flexibility index (Phi) is 6.99. The van der Waals surface area contributed by atoms with Gasteiger partial charge in [-0.3, -0.25) is 4.79 Å². The van der Waals surface area contributed by atoms with E-state index in [1.54, 1.807) is 26.2 Å². The number of rotatable bonds is 8. The fourth-order valence-electron chi connectivity index (χ4n) is 1.89. The number of benzene rings is 1. The minimum atomic E-state index is -3.56. The van der Waals surface area contributed by atoms with Crippen molar-refractivity contribution in [3.8, 4) is 0 Å². The molecule has 1 rings (SSSR count).